The van der Waals surface area contributed by atoms with E-state index >= 15 is 0 Å². The Morgan fingerprint density at radius 3 is 2.50 bits per heavy atom. The molecule has 0 fully saturated rings. The molecule has 0 radical (unpaired) electrons. The molecular weight excluding hydrogens is 130 g/mol. The van der Waals surface area contributed by atoms with E-state index in [-0.39, 0.29) is 6.17 Å². The first-order chi connectivity index (χ1) is 4.59. The number of carbonyl (C=O) groups excluding carboxylic acids is 1. The van der Waals surface area contributed by atoms with Crippen molar-refractivity contribution in [3.05, 3.63) is 0 Å². The molecule has 0 aliphatic carbocycles. The zero-order valence-electron chi connectivity index (χ0n) is 6.50. The van der Waals surface area contributed by atoms with Crippen LogP contribution in [0, 0.1) is 0 Å². The standard InChI is InChI=1S/C6H15N3O/c1-3-4-5(7)9(2)6(8)10/h5H,3-4,7H2,1-2H3,(H2,8,10). The number of amides is 2. The summed E-state index contributed by atoms with van der Waals surface area (Å²) in [6.45, 7) is 2.01. The molecule has 0 aromatic rings. The summed E-state index contributed by atoms with van der Waals surface area (Å²) in [5.74, 6) is 0. The van der Waals surface area contributed by atoms with E-state index in [1.165, 1.54) is 4.90 Å². The molecule has 4 heteroatoms. The third-order valence-corrected chi connectivity index (χ3v) is 1.43. The number of primary amides is 1. The maximum Gasteiger partial charge on any atom is 0.315 e. The molecule has 0 aliphatic rings. The van der Waals surface area contributed by atoms with E-state index in [0.29, 0.717) is 0 Å². The number of rotatable bonds is 3. The van der Waals surface area contributed by atoms with Crippen molar-refractivity contribution in [3.63, 3.8) is 0 Å². The molecule has 0 saturated carbocycles. The Labute approximate surface area is 61.2 Å². The van der Waals surface area contributed by atoms with Crippen LogP contribution in [0.25, 0.3) is 0 Å². The first-order valence-corrected chi connectivity index (χ1v) is 3.37. The number of nitrogens with zero attached hydrogens (tertiary/aromatic N) is 1. The van der Waals surface area contributed by atoms with Crippen LogP contribution >= 0.6 is 0 Å². The monoisotopic (exact) mass is 145 g/mol. The van der Waals surface area contributed by atoms with Crippen molar-refractivity contribution >= 4 is 6.03 Å². The predicted octanol–water partition coefficient (Wildman–Crippen LogP) is 0.0818. The van der Waals surface area contributed by atoms with Crippen molar-refractivity contribution in [2.24, 2.45) is 11.5 Å². The highest BCUT2D eigenvalue weighted by Crippen LogP contribution is 1.96. The van der Waals surface area contributed by atoms with Crippen molar-refractivity contribution in [3.8, 4) is 0 Å². The van der Waals surface area contributed by atoms with Gasteiger partial charge in [-0.25, -0.2) is 4.79 Å². The fourth-order valence-corrected chi connectivity index (χ4v) is 0.653. The highest BCUT2D eigenvalue weighted by molar-refractivity contribution is 5.71. The first-order valence-electron chi connectivity index (χ1n) is 3.37. The fraction of sp³-hybridized carbons (Fsp3) is 0.833. The van der Waals surface area contributed by atoms with Crippen LogP contribution in [0.4, 0.5) is 4.79 Å². The second-order valence-corrected chi connectivity index (χ2v) is 2.31. The van der Waals surface area contributed by atoms with Gasteiger partial charge in [-0.1, -0.05) is 13.3 Å². The van der Waals surface area contributed by atoms with Crippen molar-refractivity contribution in [2.75, 3.05) is 7.05 Å². The molecule has 0 spiro atoms. The van der Waals surface area contributed by atoms with Gasteiger partial charge in [-0.2, -0.15) is 0 Å². The lowest BCUT2D eigenvalue weighted by Crippen LogP contribution is -2.45. The minimum Gasteiger partial charge on any atom is -0.351 e. The zero-order chi connectivity index (χ0) is 8.15. The van der Waals surface area contributed by atoms with E-state index in [9.17, 15) is 4.79 Å². The fourth-order valence-electron chi connectivity index (χ4n) is 0.653. The van der Waals surface area contributed by atoms with Crippen LogP contribution < -0.4 is 11.5 Å². The van der Waals surface area contributed by atoms with Crippen LogP contribution in [-0.2, 0) is 0 Å². The van der Waals surface area contributed by atoms with Gasteiger partial charge in [-0.15, -0.1) is 0 Å². The topological polar surface area (TPSA) is 72.3 Å². The highest BCUT2D eigenvalue weighted by Gasteiger charge is 2.10. The van der Waals surface area contributed by atoms with Crippen LogP contribution in [0.3, 0.4) is 0 Å². The van der Waals surface area contributed by atoms with Gasteiger partial charge in [0.05, 0.1) is 6.17 Å². The third kappa shape index (κ3) is 2.68. The average Bonchev–Trinajstić information content (AvgIpc) is 1.87. The van der Waals surface area contributed by atoms with Gasteiger partial charge in [0.1, 0.15) is 0 Å². The van der Waals surface area contributed by atoms with Crippen molar-refractivity contribution in [1.82, 2.24) is 4.90 Å². The molecule has 1 unspecified atom stereocenters. The Morgan fingerprint density at radius 2 is 2.20 bits per heavy atom. The third-order valence-electron chi connectivity index (χ3n) is 1.43. The SMILES string of the molecule is CCCC(N)N(C)C(N)=O. The summed E-state index contributed by atoms with van der Waals surface area (Å²) in [7, 11) is 1.60. The Balaban J connectivity index is 3.69. The Kier molecular flexibility index (Phi) is 3.79. The summed E-state index contributed by atoms with van der Waals surface area (Å²) in [5, 5.41) is 0. The quantitative estimate of drug-likeness (QED) is 0.552. The molecule has 0 aromatic heterocycles. The molecule has 0 aliphatic heterocycles. The average molecular weight is 145 g/mol. The summed E-state index contributed by atoms with van der Waals surface area (Å²) in [6.07, 6.45) is 1.51. The molecule has 60 valence electrons. The molecule has 0 aromatic carbocycles. The lowest BCUT2D eigenvalue weighted by atomic mass is 10.3. The van der Waals surface area contributed by atoms with E-state index in [1.807, 2.05) is 6.92 Å². The summed E-state index contributed by atoms with van der Waals surface area (Å²) in [6, 6.07) is -0.471. The summed E-state index contributed by atoms with van der Waals surface area (Å²) < 4.78 is 0. The second-order valence-electron chi connectivity index (χ2n) is 2.31. The molecule has 0 bridgehead atoms. The minimum atomic E-state index is -0.471. The Hall–Kier alpha value is -0.770. The molecule has 4 N–H and O–H groups in total. The van der Waals surface area contributed by atoms with Crippen molar-refractivity contribution in [2.45, 2.75) is 25.9 Å². The van der Waals surface area contributed by atoms with E-state index in [2.05, 4.69) is 0 Å². The summed E-state index contributed by atoms with van der Waals surface area (Å²) in [4.78, 5) is 11.8. The Bertz CT molecular complexity index is 116. The van der Waals surface area contributed by atoms with Gasteiger partial charge < -0.3 is 16.4 Å². The molecule has 0 heterocycles. The van der Waals surface area contributed by atoms with E-state index < -0.39 is 6.03 Å². The van der Waals surface area contributed by atoms with Gasteiger partial charge in [0.15, 0.2) is 0 Å². The van der Waals surface area contributed by atoms with Crippen LogP contribution in [0.15, 0.2) is 0 Å². The second kappa shape index (κ2) is 4.11. The van der Waals surface area contributed by atoms with E-state index in [1.54, 1.807) is 7.05 Å². The van der Waals surface area contributed by atoms with Gasteiger partial charge in [0.25, 0.3) is 0 Å². The van der Waals surface area contributed by atoms with Crippen LogP contribution in [0.2, 0.25) is 0 Å². The molecule has 2 amide bonds. The maximum absolute atomic E-state index is 10.5. The number of hydrogen-bond acceptors (Lipinski definition) is 2. The summed E-state index contributed by atoms with van der Waals surface area (Å²) in [5.41, 5.74) is 10.5. The van der Waals surface area contributed by atoms with Crippen molar-refractivity contribution in [1.29, 1.82) is 0 Å². The van der Waals surface area contributed by atoms with Crippen LogP contribution in [0.1, 0.15) is 19.8 Å². The molecular formula is C6H15N3O. The van der Waals surface area contributed by atoms with Crippen LogP contribution in [-0.4, -0.2) is 24.1 Å². The molecule has 1 atom stereocenters. The number of urea groups is 1. The minimum absolute atomic E-state index is 0.234. The Morgan fingerprint density at radius 1 is 1.70 bits per heavy atom. The molecule has 0 saturated heterocycles. The number of nitrogens with two attached hydrogens (primary N) is 2. The van der Waals surface area contributed by atoms with Gasteiger partial charge in [-0.05, 0) is 6.42 Å². The molecule has 0 rings (SSSR count). The normalized spacial score (nSPS) is 12.7. The molecule has 4 nitrogen and oxygen atoms in total. The van der Waals surface area contributed by atoms with Crippen LogP contribution in [0.5, 0.6) is 0 Å². The predicted molar refractivity (Wildman–Crippen MR) is 40.2 cm³/mol. The largest absolute Gasteiger partial charge is 0.351 e. The summed E-state index contributed by atoms with van der Waals surface area (Å²) >= 11 is 0. The van der Waals surface area contributed by atoms with Gasteiger partial charge in [-0.3, -0.25) is 0 Å². The van der Waals surface area contributed by atoms with E-state index in [0.717, 1.165) is 12.8 Å². The lowest BCUT2D eigenvalue weighted by Gasteiger charge is -2.21. The van der Waals surface area contributed by atoms with Gasteiger partial charge in [0.2, 0.25) is 0 Å². The molecule has 10 heavy (non-hydrogen) atoms. The number of carbonyl (C=O) groups is 1. The van der Waals surface area contributed by atoms with Gasteiger partial charge in [0, 0.05) is 7.05 Å². The lowest BCUT2D eigenvalue weighted by molar-refractivity contribution is 0.197. The first kappa shape index (κ1) is 9.23. The zero-order valence-corrected chi connectivity index (χ0v) is 6.50. The van der Waals surface area contributed by atoms with Crippen molar-refractivity contribution < 1.29 is 4.79 Å². The maximum atomic E-state index is 10.5. The van der Waals surface area contributed by atoms with E-state index in [4.69, 9.17) is 11.5 Å². The highest BCUT2D eigenvalue weighted by atomic mass is 16.2. The number of hydrogen-bond donors (Lipinski definition) is 2. The smallest absolute Gasteiger partial charge is 0.315 e. The van der Waals surface area contributed by atoms with Gasteiger partial charge >= 0.3 is 6.03 Å².